The van der Waals surface area contributed by atoms with E-state index in [1.165, 1.54) is 22.8 Å². The molecule has 1 aromatic heterocycles. The van der Waals surface area contributed by atoms with Crippen molar-refractivity contribution in [3.8, 4) is 0 Å². The predicted octanol–water partition coefficient (Wildman–Crippen LogP) is 2.53. The van der Waals surface area contributed by atoms with Crippen LogP contribution in [0.15, 0.2) is 54.2 Å². The fraction of sp³-hybridized carbons (Fsp3) is 0.0476. The fourth-order valence-electron chi connectivity index (χ4n) is 3.33. The van der Waals surface area contributed by atoms with Crippen LogP contribution in [0.1, 0.15) is 5.56 Å². The average Bonchev–Trinajstić information content (AvgIpc) is 3.04. The van der Waals surface area contributed by atoms with Crippen LogP contribution in [0.4, 0.5) is 5.69 Å². The molecule has 1 aliphatic heterocycles. The number of aromatic nitrogens is 1. The minimum Gasteiger partial charge on any atom is -0.548 e. The number of halogens is 2. The number of amides is 2. The van der Waals surface area contributed by atoms with Crippen LogP contribution in [-0.4, -0.2) is 27.5 Å². The minimum atomic E-state index is -1.26. The number of carbonyl (C=O) groups is 3. The fourth-order valence-corrected chi connectivity index (χ4v) is 3.91. The molecule has 1 N–H and O–H groups in total. The first-order valence-corrected chi connectivity index (χ1v) is 10.1. The number of para-hydroxylation sites is 1. The molecule has 31 heavy (non-hydrogen) atoms. The molecule has 1 aliphatic rings. The summed E-state index contributed by atoms with van der Waals surface area (Å²) in [5.74, 6) is -2.57. The molecule has 4 rings (SSSR count). The molecule has 2 aromatic carbocycles. The topological polar surface area (TPSA) is 94.5 Å². The zero-order chi connectivity index (χ0) is 22.3. The molecular formula is C21H12Cl2N3O4S-. The zero-order valence-corrected chi connectivity index (χ0v) is 17.9. The van der Waals surface area contributed by atoms with Crippen molar-refractivity contribution >= 4 is 81.0 Å². The second-order valence-electron chi connectivity index (χ2n) is 6.66. The maximum atomic E-state index is 13.2. The molecule has 3 aromatic rings. The van der Waals surface area contributed by atoms with Crippen molar-refractivity contribution in [2.24, 2.45) is 0 Å². The molecule has 0 spiro atoms. The summed E-state index contributed by atoms with van der Waals surface area (Å²) in [6, 6.07) is 11.6. The summed E-state index contributed by atoms with van der Waals surface area (Å²) in [4.78, 5) is 38.0. The molecule has 7 nitrogen and oxygen atoms in total. The third-order valence-electron chi connectivity index (χ3n) is 4.68. The van der Waals surface area contributed by atoms with Crippen LogP contribution in [0.5, 0.6) is 0 Å². The standard InChI is InChI=1S/C21H13Cl2N3O4S/c22-15-6-5-12(8-16(15)23)26-20(30)14(19(29)24-21(26)31)7-11-9-25(10-18(27)28)17-4-2-1-3-13(11)17/h1-9H,10H2,(H,27,28)(H,24,29,31)/p-1/b14-7+. The number of hydrogen-bond donors (Lipinski definition) is 1. The lowest BCUT2D eigenvalue weighted by atomic mass is 10.1. The summed E-state index contributed by atoms with van der Waals surface area (Å²) in [5.41, 5.74) is 1.29. The van der Waals surface area contributed by atoms with E-state index in [0.29, 0.717) is 27.2 Å². The molecule has 0 bridgehead atoms. The molecule has 10 heteroatoms. The largest absolute Gasteiger partial charge is 0.548 e. The number of thiocarbonyl (C=S) groups is 1. The number of benzene rings is 2. The van der Waals surface area contributed by atoms with Crippen molar-refractivity contribution in [3.05, 3.63) is 69.8 Å². The van der Waals surface area contributed by atoms with Gasteiger partial charge in [0.2, 0.25) is 0 Å². The Bertz CT molecular complexity index is 1320. The van der Waals surface area contributed by atoms with E-state index in [1.54, 1.807) is 36.5 Å². The number of fused-ring (bicyclic) bond motifs is 1. The van der Waals surface area contributed by atoms with Crippen LogP contribution in [0.2, 0.25) is 10.0 Å². The van der Waals surface area contributed by atoms with Crippen molar-refractivity contribution in [3.63, 3.8) is 0 Å². The number of hydrogen-bond acceptors (Lipinski definition) is 5. The molecule has 0 atom stereocenters. The Morgan fingerprint density at radius 1 is 1.13 bits per heavy atom. The quantitative estimate of drug-likeness (QED) is 0.357. The van der Waals surface area contributed by atoms with Gasteiger partial charge in [-0.3, -0.25) is 19.8 Å². The summed E-state index contributed by atoms with van der Waals surface area (Å²) >= 11 is 17.2. The number of carboxylic acids is 1. The predicted molar refractivity (Wildman–Crippen MR) is 120 cm³/mol. The van der Waals surface area contributed by atoms with Crippen molar-refractivity contribution in [2.45, 2.75) is 6.54 Å². The van der Waals surface area contributed by atoms with E-state index in [0.717, 1.165) is 4.90 Å². The lowest BCUT2D eigenvalue weighted by Crippen LogP contribution is -2.54. The number of carbonyl (C=O) groups excluding carboxylic acids is 3. The van der Waals surface area contributed by atoms with Crippen LogP contribution in [-0.2, 0) is 20.9 Å². The van der Waals surface area contributed by atoms with Crippen molar-refractivity contribution < 1.29 is 19.5 Å². The van der Waals surface area contributed by atoms with Crippen LogP contribution in [0, 0.1) is 0 Å². The number of nitrogens with one attached hydrogen (secondary N) is 1. The van der Waals surface area contributed by atoms with Gasteiger partial charge >= 0.3 is 0 Å². The Labute approximate surface area is 191 Å². The van der Waals surface area contributed by atoms with Crippen LogP contribution in [0.3, 0.4) is 0 Å². The van der Waals surface area contributed by atoms with Gasteiger partial charge in [0, 0.05) is 22.7 Å². The second kappa shape index (κ2) is 8.14. The van der Waals surface area contributed by atoms with Crippen LogP contribution in [0.25, 0.3) is 17.0 Å². The first-order chi connectivity index (χ1) is 14.8. The average molecular weight is 473 g/mol. The Kier molecular flexibility index (Phi) is 5.53. The molecule has 0 aliphatic carbocycles. The molecule has 2 heterocycles. The summed E-state index contributed by atoms with van der Waals surface area (Å²) in [7, 11) is 0. The molecule has 0 radical (unpaired) electrons. The summed E-state index contributed by atoms with van der Waals surface area (Å²) < 4.78 is 1.48. The third-order valence-corrected chi connectivity index (χ3v) is 5.71. The summed E-state index contributed by atoms with van der Waals surface area (Å²) in [6.07, 6.45) is 2.95. The highest BCUT2D eigenvalue weighted by Crippen LogP contribution is 2.30. The van der Waals surface area contributed by atoms with Gasteiger partial charge in [-0.05, 0) is 42.6 Å². The maximum absolute atomic E-state index is 13.2. The van der Waals surface area contributed by atoms with Crippen LogP contribution < -0.4 is 15.3 Å². The smallest absolute Gasteiger partial charge is 0.270 e. The van der Waals surface area contributed by atoms with E-state index >= 15 is 0 Å². The first-order valence-electron chi connectivity index (χ1n) is 8.90. The minimum absolute atomic E-state index is 0.0927. The molecule has 0 saturated carbocycles. The highest BCUT2D eigenvalue weighted by Gasteiger charge is 2.35. The lowest BCUT2D eigenvalue weighted by molar-refractivity contribution is -0.306. The highest BCUT2D eigenvalue weighted by atomic mass is 35.5. The molecule has 2 amide bonds. The maximum Gasteiger partial charge on any atom is 0.270 e. The van der Waals surface area contributed by atoms with Gasteiger partial charge in [0.05, 0.1) is 28.2 Å². The normalized spacial score (nSPS) is 15.6. The van der Waals surface area contributed by atoms with E-state index in [9.17, 15) is 19.5 Å². The molecule has 0 unspecified atom stereocenters. The van der Waals surface area contributed by atoms with E-state index in [-0.39, 0.29) is 22.3 Å². The molecule has 1 fully saturated rings. The van der Waals surface area contributed by atoms with Gasteiger partial charge in [-0.25, -0.2) is 0 Å². The molecule has 156 valence electrons. The van der Waals surface area contributed by atoms with Crippen molar-refractivity contribution in [2.75, 3.05) is 4.90 Å². The van der Waals surface area contributed by atoms with Gasteiger partial charge in [0.25, 0.3) is 11.8 Å². The van der Waals surface area contributed by atoms with Gasteiger partial charge in [0.1, 0.15) is 5.57 Å². The Morgan fingerprint density at radius 3 is 2.58 bits per heavy atom. The Morgan fingerprint density at radius 2 is 1.87 bits per heavy atom. The Hall–Kier alpha value is -3.20. The lowest BCUT2D eigenvalue weighted by Gasteiger charge is -2.29. The number of carboxylic acid groups (broad SMARTS) is 1. The second-order valence-corrected chi connectivity index (χ2v) is 7.86. The molecule has 1 saturated heterocycles. The number of anilines is 1. The van der Waals surface area contributed by atoms with Crippen molar-refractivity contribution in [1.82, 2.24) is 9.88 Å². The summed E-state index contributed by atoms with van der Waals surface area (Å²) in [6.45, 7) is -0.372. The van der Waals surface area contributed by atoms with Crippen LogP contribution >= 0.6 is 35.4 Å². The van der Waals surface area contributed by atoms with Crippen molar-refractivity contribution in [1.29, 1.82) is 0 Å². The number of nitrogens with zero attached hydrogens (tertiary/aromatic N) is 2. The zero-order valence-electron chi connectivity index (χ0n) is 15.6. The van der Waals surface area contributed by atoms with Gasteiger partial charge in [-0.15, -0.1) is 0 Å². The van der Waals surface area contributed by atoms with Gasteiger partial charge in [-0.1, -0.05) is 41.4 Å². The summed E-state index contributed by atoms with van der Waals surface area (Å²) in [5, 5.41) is 14.7. The van der Waals surface area contributed by atoms with E-state index < -0.39 is 17.8 Å². The number of rotatable bonds is 4. The SMILES string of the molecule is O=C([O-])Cn1cc(/C=C2\C(=O)NC(=S)N(c3ccc(Cl)c(Cl)c3)C2=O)c2ccccc21. The van der Waals surface area contributed by atoms with Gasteiger partial charge in [-0.2, -0.15) is 0 Å². The van der Waals surface area contributed by atoms with Gasteiger partial charge in [0.15, 0.2) is 5.11 Å². The Balaban J connectivity index is 1.81. The monoisotopic (exact) mass is 472 g/mol. The number of aliphatic carboxylic acids is 1. The third kappa shape index (κ3) is 3.93. The molecular weight excluding hydrogens is 461 g/mol. The van der Waals surface area contributed by atoms with E-state index in [4.69, 9.17) is 35.4 Å². The first kappa shape index (κ1) is 21.0. The highest BCUT2D eigenvalue weighted by molar-refractivity contribution is 7.80. The van der Waals surface area contributed by atoms with E-state index in [1.807, 2.05) is 0 Å². The van der Waals surface area contributed by atoms with E-state index in [2.05, 4.69) is 5.32 Å². The van der Waals surface area contributed by atoms with Gasteiger partial charge < -0.3 is 14.5 Å².